The number of nitrogens with one attached hydrogen (secondary N) is 2. The Balaban J connectivity index is 1.43. The Morgan fingerprint density at radius 2 is 1.91 bits per heavy atom. The van der Waals surface area contributed by atoms with Crippen molar-refractivity contribution in [3.63, 3.8) is 0 Å². The van der Waals surface area contributed by atoms with Crippen molar-refractivity contribution in [3.8, 4) is 0 Å². The van der Waals surface area contributed by atoms with E-state index in [4.69, 9.17) is 21.1 Å². The lowest BCUT2D eigenvalue weighted by Crippen LogP contribution is -2.53. The van der Waals surface area contributed by atoms with Gasteiger partial charge in [0.1, 0.15) is 5.82 Å². The van der Waals surface area contributed by atoms with Crippen molar-refractivity contribution in [1.29, 1.82) is 0 Å². The molecule has 11 nitrogen and oxygen atoms in total. The predicted octanol–water partition coefficient (Wildman–Crippen LogP) is 4.61. The van der Waals surface area contributed by atoms with Crippen LogP contribution in [-0.2, 0) is 36.1 Å². The highest BCUT2D eigenvalue weighted by molar-refractivity contribution is 7.89. The number of amides is 2. The number of ether oxygens (including phenoxy) is 2. The molecule has 0 aliphatic carbocycles. The van der Waals surface area contributed by atoms with Gasteiger partial charge in [0.15, 0.2) is 0 Å². The van der Waals surface area contributed by atoms with Crippen molar-refractivity contribution in [1.82, 2.24) is 14.6 Å². The van der Waals surface area contributed by atoms with E-state index in [-0.39, 0.29) is 35.5 Å². The second kappa shape index (κ2) is 15.4. The van der Waals surface area contributed by atoms with Gasteiger partial charge in [0, 0.05) is 61.1 Å². The van der Waals surface area contributed by atoms with Crippen LogP contribution in [0.5, 0.6) is 0 Å². The van der Waals surface area contributed by atoms with E-state index >= 15 is 4.39 Å². The van der Waals surface area contributed by atoms with Crippen LogP contribution in [0.1, 0.15) is 30.4 Å². The first-order chi connectivity index (χ1) is 22.7. The summed E-state index contributed by atoms with van der Waals surface area (Å²) in [4.78, 5) is 34.3. The third-order valence-electron chi connectivity index (χ3n) is 8.82. The number of carbonyl (C=O) groups excluding carboxylic acids is 2. The number of halogens is 2. The summed E-state index contributed by atoms with van der Waals surface area (Å²) in [6.07, 6.45) is 4.10. The van der Waals surface area contributed by atoms with E-state index in [9.17, 15) is 18.0 Å². The number of rotatable bonds is 10. The minimum atomic E-state index is -3.78. The van der Waals surface area contributed by atoms with Gasteiger partial charge in [0.25, 0.3) is 0 Å². The summed E-state index contributed by atoms with van der Waals surface area (Å²) in [6, 6.07) is 14.9. The van der Waals surface area contributed by atoms with Crippen molar-refractivity contribution < 1.29 is 31.9 Å². The number of aromatic nitrogens is 1. The van der Waals surface area contributed by atoms with E-state index in [0.29, 0.717) is 44.2 Å². The lowest BCUT2D eigenvalue weighted by atomic mass is 9.65. The molecular formula is C33H37ClFN5O6S. The predicted molar refractivity (Wildman–Crippen MR) is 176 cm³/mol. The minimum absolute atomic E-state index is 0.119. The van der Waals surface area contributed by atoms with Crippen LogP contribution >= 0.6 is 11.6 Å². The molecule has 2 N–H and O–H groups in total. The molecule has 1 aromatic heterocycles. The number of nitrogens with zero attached hydrogens (tertiary/aromatic N) is 3. The van der Waals surface area contributed by atoms with Gasteiger partial charge in [-0.25, -0.2) is 17.6 Å². The molecule has 0 saturated carbocycles. The number of hydrogen-bond donors (Lipinski definition) is 2. The molecule has 2 fully saturated rings. The van der Waals surface area contributed by atoms with Crippen molar-refractivity contribution in [2.75, 3.05) is 45.3 Å². The van der Waals surface area contributed by atoms with Gasteiger partial charge in [-0.1, -0.05) is 41.9 Å². The molecule has 2 saturated heterocycles. The molecule has 47 heavy (non-hydrogen) atoms. The summed E-state index contributed by atoms with van der Waals surface area (Å²) < 4.78 is 54.2. The van der Waals surface area contributed by atoms with Crippen LogP contribution in [-0.4, -0.2) is 81.9 Å². The average molecular weight is 686 g/mol. The highest BCUT2D eigenvalue weighted by Crippen LogP contribution is 2.42. The van der Waals surface area contributed by atoms with Gasteiger partial charge in [-0.05, 0) is 55.5 Å². The van der Waals surface area contributed by atoms with E-state index in [2.05, 4.69) is 20.6 Å². The fourth-order valence-electron chi connectivity index (χ4n) is 6.32. The summed E-state index contributed by atoms with van der Waals surface area (Å²) in [6.45, 7) is 1.87. The first-order valence-corrected chi connectivity index (χ1v) is 17.1. The third-order valence-corrected chi connectivity index (χ3v) is 11.0. The highest BCUT2D eigenvalue weighted by atomic mass is 35.5. The number of aliphatic imine (C=N–C) groups is 1. The van der Waals surface area contributed by atoms with Crippen LogP contribution in [0.25, 0.3) is 0 Å². The first-order valence-electron chi connectivity index (χ1n) is 15.3. The molecule has 0 spiro atoms. The zero-order valence-electron chi connectivity index (χ0n) is 25.9. The van der Waals surface area contributed by atoms with Crippen LogP contribution < -0.4 is 10.6 Å². The van der Waals surface area contributed by atoms with Gasteiger partial charge in [-0.15, -0.1) is 0 Å². The monoisotopic (exact) mass is 685 g/mol. The molecule has 2 atom stereocenters. The fourth-order valence-corrected chi connectivity index (χ4v) is 8.13. The molecule has 3 aromatic rings. The molecule has 0 radical (unpaired) electrons. The van der Waals surface area contributed by atoms with Crippen molar-refractivity contribution in [3.05, 3.63) is 89.0 Å². The molecule has 2 aliphatic rings. The van der Waals surface area contributed by atoms with E-state index in [1.807, 2.05) is 12.1 Å². The number of benzene rings is 2. The van der Waals surface area contributed by atoms with Crippen molar-refractivity contribution in [2.45, 2.75) is 42.0 Å². The van der Waals surface area contributed by atoms with Gasteiger partial charge < -0.3 is 20.1 Å². The first kappa shape index (κ1) is 34.6. The third kappa shape index (κ3) is 7.87. The maximum absolute atomic E-state index is 15.4. The summed E-state index contributed by atoms with van der Waals surface area (Å²) in [7, 11) is -2.59. The zero-order chi connectivity index (χ0) is 33.4. The van der Waals surface area contributed by atoms with Crippen LogP contribution in [0, 0.1) is 11.7 Å². The molecule has 2 aromatic carbocycles. The maximum Gasteiger partial charge on any atom is 0.432 e. The molecule has 250 valence electrons. The number of pyridine rings is 1. The van der Waals surface area contributed by atoms with E-state index in [1.165, 1.54) is 23.8 Å². The minimum Gasteiger partial charge on any atom is -0.451 e. The second-order valence-electron chi connectivity index (χ2n) is 11.5. The Labute approximate surface area is 278 Å². The van der Waals surface area contributed by atoms with Gasteiger partial charge >= 0.3 is 6.09 Å². The number of sulfonamides is 1. The quantitative estimate of drug-likeness (QED) is 0.295. The second-order valence-corrected chi connectivity index (χ2v) is 13.8. The molecular weight excluding hydrogens is 649 g/mol. The van der Waals surface area contributed by atoms with E-state index in [0.717, 1.165) is 11.8 Å². The molecule has 5 rings (SSSR count). The number of anilines is 1. The van der Waals surface area contributed by atoms with Gasteiger partial charge in [-0.2, -0.15) is 9.30 Å². The molecule has 2 aliphatic heterocycles. The SMILES string of the molecule is COC(=O)N=CC(C(=O)Nc1cncc(F)c1CCC1CNCCN1S(=O)(=O)c1ccccc1)C1(c2ccc(Cl)cc2)CCOCC1. The Morgan fingerprint density at radius 3 is 2.62 bits per heavy atom. The number of piperazine rings is 1. The average Bonchev–Trinajstić information content (AvgIpc) is 3.09. The van der Waals surface area contributed by atoms with E-state index < -0.39 is 45.2 Å². The Hall–Kier alpha value is -3.75. The fraction of sp³-hybridized carbons (Fsp3) is 0.394. The van der Waals surface area contributed by atoms with Gasteiger partial charge in [0.05, 0.1) is 36.0 Å². The summed E-state index contributed by atoms with van der Waals surface area (Å²) >= 11 is 6.18. The number of methoxy groups -OCH3 is 1. The number of carbonyl (C=O) groups is 2. The lowest BCUT2D eigenvalue weighted by Gasteiger charge is -2.41. The summed E-state index contributed by atoms with van der Waals surface area (Å²) in [5.74, 6) is -2.16. The van der Waals surface area contributed by atoms with Gasteiger partial charge in [0.2, 0.25) is 15.9 Å². The Kier molecular flexibility index (Phi) is 11.4. The van der Waals surface area contributed by atoms with Crippen LogP contribution in [0.15, 0.2) is 76.9 Å². The molecule has 14 heteroatoms. The van der Waals surface area contributed by atoms with Crippen LogP contribution in [0.4, 0.5) is 14.9 Å². The standard InChI is InChI=1S/C33H37ClFN5O6S/c1-45-32(42)38-20-28(33(13-17-46-18-14-33)23-7-9-24(34)10-8-23)31(41)39-30-22-37-21-29(35)27(30)12-11-25-19-36-15-16-40(25)47(43,44)26-5-3-2-4-6-26/h2-10,20-22,25,28,36H,11-19H2,1H3,(H,39,41). The summed E-state index contributed by atoms with van der Waals surface area (Å²) in [5, 5.41) is 6.61. The van der Waals surface area contributed by atoms with Crippen LogP contribution in [0.3, 0.4) is 0 Å². The molecule has 0 bridgehead atoms. The van der Waals surface area contributed by atoms with Crippen molar-refractivity contribution >= 4 is 45.5 Å². The molecule has 3 heterocycles. The van der Waals surface area contributed by atoms with E-state index in [1.54, 1.807) is 42.5 Å². The molecule has 2 unspecified atom stereocenters. The highest BCUT2D eigenvalue weighted by Gasteiger charge is 2.45. The Bertz CT molecular complexity index is 1690. The number of hydrogen-bond acceptors (Lipinski definition) is 8. The summed E-state index contributed by atoms with van der Waals surface area (Å²) in [5.41, 5.74) is 0.313. The zero-order valence-corrected chi connectivity index (χ0v) is 27.5. The normalized spacial score (nSPS) is 19.3. The van der Waals surface area contributed by atoms with Crippen LogP contribution in [0.2, 0.25) is 5.02 Å². The topological polar surface area (TPSA) is 139 Å². The smallest absolute Gasteiger partial charge is 0.432 e. The Morgan fingerprint density at radius 1 is 1.19 bits per heavy atom. The lowest BCUT2D eigenvalue weighted by molar-refractivity contribution is -0.120. The maximum atomic E-state index is 15.4. The molecule has 2 amide bonds. The largest absolute Gasteiger partial charge is 0.451 e. The van der Waals surface area contributed by atoms with Gasteiger partial charge in [-0.3, -0.25) is 9.78 Å². The van der Waals surface area contributed by atoms with Crippen molar-refractivity contribution in [2.24, 2.45) is 10.9 Å².